The van der Waals surface area contributed by atoms with Crippen molar-refractivity contribution >= 4 is 17.2 Å². The average Bonchev–Trinajstić information content (AvgIpc) is 3.17. The van der Waals surface area contributed by atoms with E-state index in [2.05, 4.69) is 20.6 Å². The maximum atomic E-state index is 13.2. The van der Waals surface area contributed by atoms with Crippen LogP contribution in [0.15, 0.2) is 11.6 Å². The summed E-state index contributed by atoms with van der Waals surface area (Å²) in [5.41, 5.74) is 4.71. The molecule has 3 aliphatic rings. The van der Waals surface area contributed by atoms with E-state index in [4.69, 9.17) is 4.98 Å². The van der Waals surface area contributed by atoms with Crippen molar-refractivity contribution in [2.24, 2.45) is 0 Å². The van der Waals surface area contributed by atoms with E-state index >= 15 is 0 Å². The van der Waals surface area contributed by atoms with Crippen LogP contribution in [-0.4, -0.2) is 40.4 Å². The van der Waals surface area contributed by atoms with Gasteiger partial charge in [0.25, 0.3) is 5.91 Å². The molecule has 0 unspecified atom stereocenters. The minimum absolute atomic E-state index is 0.223. The summed E-state index contributed by atoms with van der Waals surface area (Å²) in [5.74, 6) is 1.42. The molecule has 5 rings (SSSR count). The van der Waals surface area contributed by atoms with Crippen LogP contribution in [0.1, 0.15) is 69.5 Å². The van der Waals surface area contributed by atoms with Gasteiger partial charge >= 0.3 is 0 Å². The monoisotopic (exact) mass is 382 g/mol. The minimum Gasteiger partial charge on any atom is -0.338 e. The molecule has 2 aromatic heterocycles. The van der Waals surface area contributed by atoms with E-state index in [-0.39, 0.29) is 11.8 Å². The summed E-state index contributed by atoms with van der Waals surface area (Å²) in [6, 6.07) is 0. The third-order valence-electron chi connectivity index (χ3n) is 6.19. The number of hydrogen-bond acceptors (Lipinski definition) is 5. The van der Waals surface area contributed by atoms with Crippen molar-refractivity contribution in [2.75, 3.05) is 19.6 Å². The Morgan fingerprint density at radius 1 is 1.22 bits per heavy atom. The van der Waals surface area contributed by atoms with Gasteiger partial charge in [-0.15, -0.1) is 11.3 Å². The van der Waals surface area contributed by atoms with Gasteiger partial charge in [-0.1, -0.05) is 0 Å². The lowest BCUT2D eigenvalue weighted by Gasteiger charge is -2.32. The molecular weight excluding hydrogens is 356 g/mol. The zero-order chi connectivity index (χ0) is 18.2. The van der Waals surface area contributed by atoms with E-state index in [1.165, 1.54) is 34.5 Å². The number of rotatable bonds is 2. The number of aromatic nitrogens is 2. The first-order valence-corrected chi connectivity index (χ1v) is 11.1. The summed E-state index contributed by atoms with van der Waals surface area (Å²) in [6.45, 7) is 3.46. The number of aryl methyl sites for hydroxylation is 1. The number of carbonyl (C=O) groups is 1. The Balaban J connectivity index is 1.35. The van der Waals surface area contributed by atoms with Crippen LogP contribution in [0.3, 0.4) is 0 Å². The number of nitrogens with one attached hydrogen (secondary N) is 1. The third kappa shape index (κ3) is 3.29. The summed E-state index contributed by atoms with van der Waals surface area (Å²) >= 11 is 1.78. The second-order valence-corrected chi connectivity index (χ2v) is 8.94. The molecule has 2 aromatic rings. The fourth-order valence-corrected chi connectivity index (χ4v) is 5.78. The Labute approximate surface area is 164 Å². The smallest absolute Gasteiger partial charge is 0.255 e. The van der Waals surface area contributed by atoms with E-state index in [0.29, 0.717) is 0 Å². The minimum atomic E-state index is 0.223. The molecule has 27 heavy (non-hydrogen) atoms. The van der Waals surface area contributed by atoms with Crippen LogP contribution in [0.5, 0.6) is 0 Å². The molecule has 1 amide bonds. The molecule has 6 heteroatoms. The fraction of sp³-hybridized carbons (Fsp3) is 0.571. The third-order valence-corrected chi connectivity index (χ3v) is 7.28. The lowest BCUT2D eigenvalue weighted by atomic mass is 9.93. The van der Waals surface area contributed by atoms with Crippen molar-refractivity contribution in [1.82, 2.24) is 20.2 Å². The molecule has 0 aromatic carbocycles. The van der Waals surface area contributed by atoms with Gasteiger partial charge in [0.05, 0.1) is 5.56 Å². The van der Waals surface area contributed by atoms with Gasteiger partial charge in [0.1, 0.15) is 5.82 Å². The number of likely N-dealkylation sites (tertiary alicyclic amines) is 1. The molecule has 1 N–H and O–H groups in total. The van der Waals surface area contributed by atoms with Gasteiger partial charge in [0.2, 0.25) is 0 Å². The molecule has 5 nitrogen and oxygen atoms in total. The first-order chi connectivity index (χ1) is 13.3. The summed E-state index contributed by atoms with van der Waals surface area (Å²) in [4.78, 5) is 26.2. The summed E-state index contributed by atoms with van der Waals surface area (Å²) in [5, 5.41) is 5.47. The SMILES string of the molecule is O=C(c1csc2c1CCCC2)N1CCC[C@H](c2ncc3c(n2)CCNC3)C1. The highest BCUT2D eigenvalue weighted by molar-refractivity contribution is 7.10. The molecular formula is C21H26N4OS. The number of hydrogen-bond donors (Lipinski definition) is 1. The van der Waals surface area contributed by atoms with E-state index in [0.717, 1.165) is 69.7 Å². The van der Waals surface area contributed by atoms with Gasteiger partial charge in [-0.2, -0.15) is 0 Å². The van der Waals surface area contributed by atoms with Gasteiger partial charge < -0.3 is 10.2 Å². The van der Waals surface area contributed by atoms with Gasteiger partial charge in [0.15, 0.2) is 0 Å². The Bertz CT molecular complexity index is 862. The van der Waals surface area contributed by atoms with E-state index in [9.17, 15) is 4.79 Å². The largest absolute Gasteiger partial charge is 0.338 e. The lowest BCUT2D eigenvalue weighted by Crippen LogP contribution is -2.40. The predicted molar refractivity (Wildman–Crippen MR) is 106 cm³/mol. The highest BCUT2D eigenvalue weighted by Gasteiger charge is 2.30. The van der Waals surface area contributed by atoms with Crippen molar-refractivity contribution in [3.05, 3.63) is 44.7 Å². The topological polar surface area (TPSA) is 58.1 Å². The normalized spacial score (nSPS) is 22.2. The maximum absolute atomic E-state index is 13.2. The lowest BCUT2D eigenvalue weighted by molar-refractivity contribution is 0.0703. The zero-order valence-corrected chi connectivity index (χ0v) is 16.5. The van der Waals surface area contributed by atoms with Gasteiger partial charge in [-0.3, -0.25) is 4.79 Å². The molecule has 2 aliphatic heterocycles. The van der Waals surface area contributed by atoms with E-state index < -0.39 is 0 Å². The zero-order valence-electron chi connectivity index (χ0n) is 15.7. The maximum Gasteiger partial charge on any atom is 0.255 e. The van der Waals surface area contributed by atoms with Crippen LogP contribution in [0.4, 0.5) is 0 Å². The molecule has 0 radical (unpaired) electrons. The Morgan fingerprint density at radius 2 is 2.15 bits per heavy atom. The van der Waals surface area contributed by atoms with Crippen LogP contribution in [-0.2, 0) is 25.8 Å². The van der Waals surface area contributed by atoms with E-state index in [1.807, 2.05) is 6.20 Å². The van der Waals surface area contributed by atoms with Gasteiger partial charge in [0, 0.05) is 66.2 Å². The molecule has 1 fully saturated rings. The molecule has 0 saturated carbocycles. The number of amides is 1. The number of nitrogens with zero attached hydrogens (tertiary/aromatic N) is 3. The second-order valence-electron chi connectivity index (χ2n) is 7.98. The highest BCUT2D eigenvalue weighted by atomic mass is 32.1. The average molecular weight is 383 g/mol. The van der Waals surface area contributed by atoms with Crippen molar-refractivity contribution < 1.29 is 4.79 Å². The van der Waals surface area contributed by atoms with Crippen LogP contribution < -0.4 is 5.32 Å². The molecule has 1 atom stereocenters. The Hall–Kier alpha value is -1.79. The van der Waals surface area contributed by atoms with Crippen molar-refractivity contribution in [3.8, 4) is 0 Å². The second kappa shape index (κ2) is 7.32. The molecule has 4 heterocycles. The van der Waals surface area contributed by atoms with Crippen LogP contribution in [0, 0.1) is 0 Å². The van der Waals surface area contributed by atoms with Crippen LogP contribution in [0.25, 0.3) is 0 Å². The molecule has 1 saturated heterocycles. The van der Waals surface area contributed by atoms with Crippen molar-refractivity contribution in [2.45, 2.75) is 57.4 Å². The highest BCUT2D eigenvalue weighted by Crippen LogP contribution is 2.33. The summed E-state index contributed by atoms with van der Waals surface area (Å²) < 4.78 is 0. The van der Waals surface area contributed by atoms with Gasteiger partial charge in [-0.25, -0.2) is 9.97 Å². The van der Waals surface area contributed by atoms with Crippen molar-refractivity contribution in [3.63, 3.8) is 0 Å². The van der Waals surface area contributed by atoms with Crippen molar-refractivity contribution in [1.29, 1.82) is 0 Å². The van der Waals surface area contributed by atoms with Gasteiger partial charge in [-0.05, 0) is 44.1 Å². The number of carbonyl (C=O) groups excluding carboxylic acids is 1. The predicted octanol–water partition coefficient (Wildman–Crippen LogP) is 3.08. The van der Waals surface area contributed by atoms with E-state index in [1.54, 1.807) is 11.3 Å². The number of thiophene rings is 1. The first kappa shape index (κ1) is 17.3. The molecule has 142 valence electrons. The molecule has 0 bridgehead atoms. The first-order valence-electron chi connectivity index (χ1n) is 10.2. The quantitative estimate of drug-likeness (QED) is 0.867. The van der Waals surface area contributed by atoms with Crippen LogP contribution >= 0.6 is 11.3 Å². The molecule has 0 spiro atoms. The summed E-state index contributed by atoms with van der Waals surface area (Å²) in [7, 11) is 0. The van der Waals surface area contributed by atoms with Crippen LogP contribution in [0.2, 0.25) is 0 Å². The fourth-order valence-electron chi connectivity index (χ4n) is 4.66. The summed E-state index contributed by atoms with van der Waals surface area (Å²) in [6.07, 6.45) is 9.75. The standard InChI is InChI=1S/C21H26N4OS/c26-21(17-13-27-19-6-2-1-5-16(17)19)25-9-3-4-14(12-25)20-23-11-15-10-22-8-7-18(15)24-20/h11,13-14,22H,1-10,12H2/t14-/m0/s1. The number of piperidine rings is 1. The Kier molecular flexibility index (Phi) is 4.70. The Morgan fingerprint density at radius 3 is 3.11 bits per heavy atom. The number of fused-ring (bicyclic) bond motifs is 2. The molecule has 1 aliphatic carbocycles.